The van der Waals surface area contributed by atoms with Crippen LogP contribution in [0, 0.1) is 11.7 Å². The number of hydrogen-bond donors (Lipinski definition) is 1. The molecule has 126 valence electrons. The van der Waals surface area contributed by atoms with Crippen LogP contribution in [-0.2, 0) is 4.79 Å². The molecule has 7 heteroatoms. The highest BCUT2D eigenvalue weighted by atomic mass is 19.4. The maximum Gasteiger partial charge on any atom is 0.405 e. The molecule has 1 aromatic carbocycles. The molecule has 3 nitrogen and oxygen atoms in total. The van der Waals surface area contributed by atoms with Crippen LogP contribution in [0.25, 0.3) is 11.3 Å². The number of pyridine rings is 1. The molecule has 2 atom stereocenters. The maximum atomic E-state index is 12.9. The summed E-state index contributed by atoms with van der Waals surface area (Å²) in [5, 5.41) is 1.91. The van der Waals surface area contributed by atoms with Gasteiger partial charge < -0.3 is 5.32 Å². The van der Waals surface area contributed by atoms with E-state index in [-0.39, 0.29) is 11.7 Å². The average molecular weight is 338 g/mol. The fourth-order valence-corrected chi connectivity index (χ4v) is 2.59. The third-order valence-electron chi connectivity index (χ3n) is 3.94. The third kappa shape index (κ3) is 3.90. The highest BCUT2D eigenvalue weighted by Gasteiger charge is 2.44. The Kier molecular flexibility index (Phi) is 4.26. The molecule has 1 fully saturated rings. The molecular formula is C17H14F4N2O. The third-order valence-corrected chi connectivity index (χ3v) is 3.94. The molecule has 2 aromatic rings. The first-order valence-corrected chi connectivity index (χ1v) is 7.40. The highest BCUT2D eigenvalue weighted by Crippen LogP contribution is 2.47. The number of rotatable bonds is 4. The molecule has 0 bridgehead atoms. The predicted octanol–water partition coefficient (Wildman–Crippen LogP) is 3.67. The quantitative estimate of drug-likeness (QED) is 0.865. The maximum absolute atomic E-state index is 12.9. The standard InChI is InChI=1S/C17H14F4N2O/c18-12-4-1-10(2-5-12)15-6-3-11(8-22-15)13-7-14(13)16(24)23-9-17(19,20)21/h1-6,8,13-14H,7,9H2,(H,23,24)/t13-,14+/m0/s1. The van der Waals surface area contributed by atoms with Crippen LogP contribution in [0.4, 0.5) is 17.6 Å². The van der Waals surface area contributed by atoms with Crippen molar-refractivity contribution >= 4 is 5.91 Å². The normalized spacial score (nSPS) is 19.8. The number of alkyl halides is 3. The van der Waals surface area contributed by atoms with Crippen LogP contribution in [-0.4, -0.2) is 23.6 Å². The summed E-state index contributed by atoms with van der Waals surface area (Å²) in [6, 6.07) is 9.46. The number of carbonyl (C=O) groups excluding carboxylic acids is 1. The lowest BCUT2D eigenvalue weighted by atomic mass is 10.1. The van der Waals surface area contributed by atoms with Crippen molar-refractivity contribution in [2.45, 2.75) is 18.5 Å². The predicted molar refractivity (Wildman–Crippen MR) is 79.5 cm³/mol. The second kappa shape index (κ2) is 6.22. The molecule has 1 N–H and O–H groups in total. The minimum atomic E-state index is -4.40. The van der Waals surface area contributed by atoms with Crippen LogP contribution < -0.4 is 5.32 Å². The summed E-state index contributed by atoms with van der Waals surface area (Å²) in [5.41, 5.74) is 2.24. The number of nitrogens with zero attached hydrogens (tertiary/aromatic N) is 1. The van der Waals surface area contributed by atoms with Gasteiger partial charge in [-0.15, -0.1) is 0 Å². The second-order valence-electron chi connectivity index (χ2n) is 5.77. The van der Waals surface area contributed by atoms with E-state index in [2.05, 4.69) is 4.98 Å². The van der Waals surface area contributed by atoms with Crippen LogP contribution in [0.2, 0.25) is 0 Å². The van der Waals surface area contributed by atoms with E-state index in [1.54, 1.807) is 30.5 Å². The Labute approximate surface area is 135 Å². The number of amides is 1. The number of halogens is 4. The molecule has 1 aromatic heterocycles. The van der Waals surface area contributed by atoms with Crippen molar-refractivity contribution in [2.24, 2.45) is 5.92 Å². The van der Waals surface area contributed by atoms with Gasteiger partial charge in [-0.3, -0.25) is 9.78 Å². The van der Waals surface area contributed by atoms with Gasteiger partial charge >= 0.3 is 6.18 Å². The van der Waals surface area contributed by atoms with E-state index >= 15 is 0 Å². The van der Waals surface area contributed by atoms with Gasteiger partial charge in [0.25, 0.3) is 0 Å². The van der Waals surface area contributed by atoms with Gasteiger partial charge in [-0.05, 0) is 48.2 Å². The molecule has 1 saturated carbocycles. The molecule has 1 heterocycles. The van der Waals surface area contributed by atoms with E-state index in [9.17, 15) is 22.4 Å². The van der Waals surface area contributed by atoms with Gasteiger partial charge in [0, 0.05) is 17.7 Å². The minimum Gasteiger partial charge on any atom is -0.347 e. The molecule has 3 rings (SSSR count). The number of hydrogen-bond acceptors (Lipinski definition) is 2. The Morgan fingerprint density at radius 2 is 1.88 bits per heavy atom. The highest BCUT2D eigenvalue weighted by molar-refractivity contribution is 5.82. The fourth-order valence-electron chi connectivity index (χ4n) is 2.59. The van der Waals surface area contributed by atoms with Crippen LogP contribution in [0.3, 0.4) is 0 Å². The number of aromatic nitrogens is 1. The topological polar surface area (TPSA) is 42.0 Å². The van der Waals surface area contributed by atoms with Gasteiger partial charge in [0.2, 0.25) is 5.91 Å². The summed E-state index contributed by atoms with van der Waals surface area (Å²) in [7, 11) is 0. The number of nitrogens with one attached hydrogen (secondary N) is 1. The van der Waals surface area contributed by atoms with Crippen molar-refractivity contribution in [1.29, 1.82) is 0 Å². The first kappa shape index (κ1) is 16.4. The van der Waals surface area contributed by atoms with E-state index in [1.165, 1.54) is 12.1 Å². The molecule has 0 saturated heterocycles. The summed E-state index contributed by atoms with van der Waals surface area (Å²) >= 11 is 0. The monoisotopic (exact) mass is 338 g/mol. The second-order valence-corrected chi connectivity index (χ2v) is 5.77. The smallest absolute Gasteiger partial charge is 0.347 e. The zero-order valence-electron chi connectivity index (χ0n) is 12.5. The van der Waals surface area contributed by atoms with E-state index in [4.69, 9.17) is 0 Å². The zero-order chi connectivity index (χ0) is 17.3. The Balaban J connectivity index is 1.61. The van der Waals surface area contributed by atoms with E-state index in [0.29, 0.717) is 12.1 Å². The molecule has 1 amide bonds. The Morgan fingerprint density at radius 1 is 1.17 bits per heavy atom. The van der Waals surface area contributed by atoms with Crippen LogP contribution in [0.15, 0.2) is 42.6 Å². The number of benzene rings is 1. The molecule has 0 spiro atoms. The molecule has 24 heavy (non-hydrogen) atoms. The molecule has 0 unspecified atom stereocenters. The first-order chi connectivity index (χ1) is 11.3. The average Bonchev–Trinajstić information content (AvgIpc) is 3.33. The van der Waals surface area contributed by atoms with Crippen molar-refractivity contribution in [1.82, 2.24) is 10.3 Å². The van der Waals surface area contributed by atoms with Crippen molar-refractivity contribution in [3.63, 3.8) is 0 Å². The summed E-state index contributed by atoms with van der Waals surface area (Å²) in [6.45, 7) is -1.31. The van der Waals surface area contributed by atoms with Crippen LogP contribution in [0.5, 0.6) is 0 Å². The van der Waals surface area contributed by atoms with Gasteiger partial charge in [-0.2, -0.15) is 13.2 Å². The van der Waals surface area contributed by atoms with Crippen LogP contribution in [0.1, 0.15) is 17.9 Å². The van der Waals surface area contributed by atoms with E-state index in [0.717, 1.165) is 11.1 Å². The number of carbonyl (C=O) groups is 1. The lowest BCUT2D eigenvalue weighted by Crippen LogP contribution is -2.34. The van der Waals surface area contributed by atoms with Gasteiger partial charge in [-0.25, -0.2) is 4.39 Å². The Morgan fingerprint density at radius 3 is 2.46 bits per heavy atom. The molecule has 1 aliphatic carbocycles. The van der Waals surface area contributed by atoms with Gasteiger partial charge in [0.1, 0.15) is 12.4 Å². The fraction of sp³-hybridized carbons (Fsp3) is 0.294. The Hall–Kier alpha value is -2.44. The van der Waals surface area contributed by atoms with E-state index < -0.39 is 24.5 Å². The largest absolute Gasteiger partial charge is 0.405 e. The van der Waals surface area contributed by atoms with Crippen molar-refractivity contribution in [2.75, 3.05) is 6.54 Å². The first-order valence-electron chi connectivity index (χ1n) is 7.40. The van der Waals surface area contributed by atoms with Gasteiger partial charge in [-0.1, -0.05) is 6.07 Å². The Bertz CT molecular complexity index is 726. The molecule has 1 aliphatic rings. The van der Waals surface area contributed by atoms with Crippen molar-refractivity contribution in [3.05, 3.63) is 54.0 Å². The molecule has 0 aliphatic heterocycles. The SMILES string of the molecule is O=C(NCC(F)(F)F)[C@@H]1C[C@H]1c1ccc(-c2ccc(F)cc2)nc1. The summed E-state index contributed by atoms with van der Waals surface area (Å²) in [6.07, 6.45) is -2.28. The van der Waals surface area contributed by atoms with E-state index in [1.807, 2.05) is 5.32 Å². The lowest BCUT2D eigenvalue weighted by molar-refractivity contribution is -0.139. The summed E-state index contributed by atoms with van der Waals surface area (Å²) in [5.74, 6) is -1.46. The molecular weight excluding hydrogens is 324 g/mol. The van der Waals surface area contributed by atoms with Crippen molar-refractivity contribution < 1.29 is 22.4 Å². The minimum absolute atomic E-state index is 0.104. The summed E-state index contributed by atoms with van der Waals surface area (Å²) < 4.78 is 49.2. The summed E-state index contributed by atoms with van der Waals surface area (Å²) in [4.78, 5) is 16.0. The lowest BCUT2D eigenvalue weighted by Gasteiger charge is -2.08. The van der Waals surface area contributed by atoms with Crippen molar-refractivity contribution in [3.8, 4) is 11.3 Å². The van der Waals surface area contributed by atoms with Crippen LogP contribution >= 0.6 is 0 Å². The van der Waals surface area contributed by atoms with Gasteiger partial charge in [0.05, 0.1) is 5.69 Å². The molecule has 0 radical (unpaired) electrons. The van der Waals surface area contributed by atoms with Gasteiger partial charge in [0.15, 0.2) is 0 Å². The zero-order valence-corrected chi connectivity index (χ0v) is 12.5.